The van der Waals surface area contributed by atoms with E-state index in [0.29, 0.717) is 11.6 Å². The first-order valence-electron chi connectivity index (χ1n) is 5.12. The van der Waals surface area contributed by atoms with Crippen molar-refractivity contribution in [1.82, 2.24) is 9.88 Å². The third-order valence-electron chi connectivity index (χ3n) is 2.21. The molecule has 0 bridgehead atoms. The van der Waals surface area contributed by atoms with Gasteiger partial charge < -0.3 is 4.90 Å². The Balaban J connectivity index is 3.14. The fourth-order valence-electron chi connectivity index (χ4n) is 1.33. The van der Waals surface area contributed by atoms with Crippen LogP contribution in [0.4, 0.5) is 0 Å². The van der Waals surface area contributed by atoms with Crippen LogP contribution in [-0.4, -0.2) is 29.9 Å². The predicted octanol–water partition coefficient (Wildman–Crippen LogP) is 2.22. The molecular formula is C12H18N2O. The van der Waals surface area contributed by atoms with Crippen LogP contribution < -0.4 is 0 Å². The maximum atomic E-state index is 11.7. The van der Waals surface area contributed by atoms with Crippen LogP contribution in [0.2, 0.25) is 0 Å². The minimum absolute atomic E-state index is 0.0411. The van der Waals surface area contributed by atoms with Gasteiger partial charge in [0.1, 0.15) is 5.69 Å². The summed E-state index contributed by atoms with van der Waals surface area (Å²) in [4.78, 5) is 17.6. The average Bonchev–Trinajstić information content (AvgIpc) is 2.15. The molecule has 3 nitrogen and oxygen atoms in total. The number of nitrogens with zero attached hydrogens (tertiary/aromatic N) is 2. The monoisotopic (exact) mass is 206 g/mol. The summed E-state index contributed by atoms with van der Waals surface area (Å²) < 4.78 is 0. The van der Waals surface area contributed by atoms with Gasteiger partial charge in [0.25, 0.3) is 5.91 Å². The molecule has 0 aliphatic carbocycles. The molecule has 0 radical (unpaired) electrons. The molecule has 1 amide bonds. The molecule has 1 heterocycles. The van der Waals surface area contributed by atoms with E-state index in [-0.39, 0.29) is 5.91 Å². The zero-order chi connectivity index (χ0) is 11.6. The number of amides is 1. The summed E-state index contributed by atoms with van der Waals surface area (Å²) in [6.07, 6.45) is 0. The Hall–Kier alpha value is -1.38. The second-order valence-electron chi connectivity index (χ2n) is 4.31. The van der Waals surface area contributed by atoms with E-state index in [1.807, 2.05) is 19.1 Å². The van der Waals surface area contributed by atoms with E-state index in [4.69, 9.17) is 0 Å². The lowest BCUT2D eigenvalue weighted by Gasteiger charge is -2.12. The van der Waals surface area contributed by atoms with Gasteiger partial charge in [-0.15, -0.1) is 0 Å². The molecule has 0 aromatic carbocycles. The predicted molar refractivity (Wildman–Crippen MR) is 61.1 cm³/mol. The molecule has 0 unspecified atom stereocenters. The maximum absolute atomic E-state index is 11.7. The standard InChI is InChI=1S/C12H18N2O/c1-8(2)10-6-9(3)7-11(13-10)12(15)14(4)5/h6-8H,1-5H3. The van der Waals surface area contributed by atoms with Crippen molar-refractivity contribution in [3.05, 3.63) is 29.1 Å². The second kappa shape index (κ2) is 4.43. The van der Waals surface area contributed by atoms with E-state index >= 15 is 0 Å². The largest absolute Gasteiger partial charge is 0.343 e. The highest BCUT2D eigenvalue weighted by molar-refractivity contribution is 5.92. The molecule has 0 aliphatic rings. The number of aromatic nitrogens is 1. The summed E-state index contributed by atoms with van der Waals surface area (Å²) in [6.45, 7) is 6.14. The molecule has 3 heteroatoms. The molecule has 0 aliphatic heterocycles. The molecule has 82 valence electrons. The second-order valence-corrected chi connectivity index (χ2v) is 4.31. The Morgan fingerprint density at radius 3 is 2.40 bits per heavy atom. The zero-order valence-corrected chi connectivity index (χ0v) is 10.0. The van der Waals surface area contributed by atoms with Crippen molar-refractivity contribution in [3.63, 3.8) is 0 Å². The first kappa shape index (κ1) is 11.7. The lowest BCUT2D eigenvalue weighted by molar-refractivity contribution is 0.0821. The van der Waals surface area contributed by atoms with Crippen LogP contribution in [0.15, 0.2) is 12.1 Å². The van der Waals surface area contributed by atoms with Crippen LogP contribution in [0.3, 0.4) is 0 Å². The summed E-state index contributed by atoms with van der Waals surface area (Å²) in [5.41, 5.74) is 2.59. The van der Waals surface area contributed by atoms with E-state index < -0.39 is 0 Å². The third kappa shape index (κ3) is 2.78. The van der Waals surface area contributed by atoms with Gasteiger partial charge in [0.2, 0.25) is 0 Å². The maximum Gasteiger partial charge on any atom is 0.271 e. The summed E-state index contributed by atoms with van der Waals surface area (Å²) in [6, 6.07) is 3.85. The van der Waals surface area contributed by atoms with Crippen LogP contribution >= 0.6 is 0 Å². The number of carbonyl (C=O) groups is 1. The summed E-state index contributed by atoms with van der Waals surface area (Å²) >= 11 is 0. The Labute approximate surface area is 91.1 Å². The number of hydrogen-bond donors (Lipinski definition) is 0. The topological polar surface area (TPSA) is 33.2 Å². The van der Waals surface area contributed by atoms with Gasteiger partial charge in [-0.1, -0.05) is 13.8 Å². The minimum Gasteiger partial charge on any atom is -0.343 e. The van der Waals surface area contributed by atoms with Gasteiger partial charge in [-0.05, 0) is 30.5 Å². The SMILES string of the molecule is Cc1cc(C(=O)N(C)C)nc(C(C)C)c1. The summed E-state index contributed by atoms with van der Waals surface area (Å²) in [5, 5.41) is 0. The van der Waals surface area contributed by atoms with Crippen molar-refractivity contribution in [2.45, 2.75) is 26.7 Å². The van der Waals surface area contributed by atoms with Gasteiger partial charge in [-0.2, -0.15) is 0 Å². The van der Waals surface area contributed by atoms with Crippen molar-refractivity contribution >= 4 is 5.91 Å². The lowest BCUT2D eigenvalue weighted by Crippen LogP contribution is -2.23. The van der Waals surface area contributed by atoms with Crippen molar-refractivity contribution in [2.24, 2.45) is 0 Å². The summed E-state index contributed by atoms with van der Waals surface area (Å²) in [7, 11) is 3.47. The van der Waals surface area contributed by atoms with Gasteiger partial charge in [0.05, 0.1) is 0 Å². The molecule has 1 aromatic heterocycles. The molecule has 0 saturated carbocycles. The lowest BCUT2D eigenvalue weighted by atomic mass is 10.1. The number of aryl methyl sites for hydroxylation is 1. The van der Waals surface area contributed by atoms with E-state index in [0.717, 1.165) is 11.3 Å². The quantitative estimate of drug-likeness (QED) is 0.743. The van der Waals surface area contributed by atoms with E-state index in [1.165, 1.54) is 0 Å². The number of hydrogen-bond acceptors (Lipinski definition) is 2. The highest BCUT2D eigenvalue weighted by Crippen LogP contribution is 2.15. The third-order valence-corrected chi connectivity index (χ3v) is 2.21. The molecule has 15 heavy (non-hydrogen) atoms. The first-order chi connectivity index (χ1) is 6.91. The molecule has 0 fully saturated rings. The van der Waals surface area contributed by atoms with Crippen molar-refractivity contribution in [3.8, 4) is 0 Å². The van der Waals surface area contributed by atoms with Crippen LogP contribution in [0.25, 0.3) is 0 Å². The van der Waals surface area contributed by atoms with Crippen molar-refractivity contribution in [2.75, 3.05) is 14.1 Å². The van der Waals surface area contributed by atoms with Crippen LogP contribution in [0, 0.1) is 6.92 Å². The highest BCUT2D eigenvalue weighted by atomic mass is 16.2. The Morgan fingerprint density at radius 2 is 1.93 bits per heavy atom. The average molecular weight is 206 g/mol. The fourth-order valence-corrected chi connectivity index (χ4v) is 1.33. The van der Waals surface area contributed by atoms with Crippen LogP contribution in [-0.2, 0) is 0 Å². The Kier molecular flexibility index (Phi) is 3.45. The molecule has 0 spiro atoms. The Bertz CT molecular complexity index is 370. The van der Waals surface area contributed by atoms with Gasteiger partial charge >= 0.3 is 0 Å². The van der Waals surface area contributed by atoms with Gasteiger partial charge in [0, 0.05) is 19.8 Å². The number of pyridine rings is 1. The van der Waals surface area contributed by atoms with E-state index in [1.54, 1.807) is 19.0 Å². The summed E-state index contributed by atoms with van der Waals surface area (Å²) in [5.74, 6) is 0.305. The van der Waals surface area contributed by atoms with Crippen LogP contribution in [0.1, 0.15) is 41.5 Å². The molecule has 0 atom stereocenters. The zero-order valence-electron chi connectivity index (χ0n) is 10.0. The Morgan fingerprint density at radius 1 is 1.33 bits per heavy atom. The van der Waals surface area contributed by atoms with Crippen molar-refractivity contribution < 1.29 is 4.79 Å². The van der Waals surface area contributed by atoms with Gasteiger partial charge in [-0.25, -0.2) is 4.98 Å². The molecule has 1 rings (SSSR count). The molecular weight excluding hydrogens is 188 g/mol. The number of rotatable bonds is 2. The minimum atomic E-state index is -0.0411. The fraction of sp³-hybridized carbons (Fsp3) is 0.500. The van der Waals surface area contributed by atoms with E-state index in [9.17, 15) is 4.79 Å². The van der Waals surface area contributed by atoms with Gasteiger partial charge in [0.15, 0.2) is 0 Å². The first-order valence-corrected chi connectivity index (χ1v) is 5.12. The molecule has 0 N–H and O–H groups in total. The van der Waals surface area contributed by atoms with Crippen molar-refractivity contribution in [1.29, 1.82) is 0 Å². The van der Waals surface area contributed by atoms with E-state index in [2.05, 4.69) is 18.8 Å². The van der Waals surface area contributed by atoms with Crippen LogP contribution in [0.5, 0.6) is 0 Å². The number of carbonyl (C=O) groups excluding carboxylic acids is 1. The normalized spacial score (nSPS) is 10.5. The highest BCUT2D eigenvalue weighted by Gasteiger charge is 2.12. The van der Waals surface area contributed by atoms with Gasteiger partial charge in [-0.3, -0.25) is 4.79 Å². The smallest absolute Gasteiger partial charge is 0.271 e. The molecule has 1 aromatic rings. The molecule has 0 saturated heterocycles.